The summed E-state index contributed by atoms with van der Waals surface area (Å²) >= 11 is 0. The zero-order chi connectivity index (χ0) is 21.0. The molecular weight excluding hydrogens is 383 g/mol. The van der Waals surface area contributed by atoms with Crippen molar-refractivity contribution in [1.29, 1.82) is 5.41 Å². The molecule has 1 atom stereocenters. The summed E-state index contributed by atoms with van der Waals surface area (Å²) in [4.78, 5) is 10.8. The average Bonchev–Trinajstić information content (AvgIpc) is 3.37. The van der Waals surface area contributed by atoms with E-state index in [1.165, 1.54) is 13.2 Å². The molecule has 3 rings (SSSR count). The van der Waals surface area contributed by atoms with Gasteiger partial charge in [-0.05, 0) is 43.2 Å². The maximum Gasteiger partial charge on any atom is 0.416 e. The highest BCUT2D eigenvalue weighted by molar-refractivity contribution is 6.03. The predicted molar refractivity (Wildman–Crippen MR) is 106 cm³/mol. The van der Waals surface area contributed by atoms with Crippen LogP contribution in [-0.2, 0) is 17.4 Å². The van der Waals surface area contributed by atoms with Gasteiger partial charge in [-0.2, -0.15) is 13.2 Å². The Kier molecular flexibility index (Phi) is 6.44. The number of nitrogens with zero attached hydrogens (tertiary/aromatic N) is 3. The van der Waals surface area contributed by atoms with Crippen LogP contribution in [0.25, 0.3) is 0 Å². The first-order chi connectivity index (χ1) is 13.8. The largest absolute Gasteiger partial charge is 0.416 e. The molecule has 1 aromatic carbocycles. The number of hydrogen-bond acceptors (Lipinski definition) is 3. The maximum absolute atomic E-state index is 13.6. The molecule has 1 aliphatic carbocycles. The molecular formula is C20H26F3N5O. The van der Waals surface area contributed by atoms with Crippen molar-refractivity contribution in [1.82, 2.24) is 4.90 Å². The van der Waals surface area contributed by atoms with Gasteiger partial charge >= 0.3 is 6.18 Å². The quantitative estimate of drug-likeness (QED) is 0.426. The molecule has 2 fully saturated rings. The molecule has 0 spiro atoms. The Labute approximate surface area is 168 Å². The van der Waals surface area contributed by atoms with Crippen molar-refractivity contribution in [2.45, 2.75) is 50.7 Å². The van der Waals surface area contributed by atoms with E-state index in [1.807, 2.05) is 0 Å². The fourth-order valence-corrected chi connectivity index (χ4v) is 3.60. The summed E-state index contributed by atoms with van der Waals surface area (Å²) in [5.41, 5.74) is 5.45. The van der Waals surface area contributed by atoms with Gasteiger partial charge < -0.3 is 15.5 Å². The molecule has 3 N–H and O–H groups in total. The fourth-order valence-electron chi connectivity index (χ4n) is 3.60. The van der Waals surface area contributed by atoms with E-state index in [2.05, 4.69) is 10.1 Å². The number of benzene rings is 1. The minimum atomic E-state index is -4.45. The number of alkyl halides is 3. The molecule has 9 heteroatoms. The van der Waals surface area contributed by atoms with Crippen molar-refractivity contribution in [3.63, 3.8) is 0 Å². The zero-order valence-electron chi connectivity index (χ0n) is 16.4. The third-order valence-electron chi connectivity index (χ3n) is 5.35. The molecule has 1 heterocycles. The van der Waals surface area contributed by atoms with E-state index in [4.69, 9.17) is 16.0 Å². The molecule has 1 saturated carbocycles. The van der Waals surface area contributed by atoms with Crippen LogP contribution < -0.4 is 5.73 Å². The van der Waals surface area contributed by atoms with Crippen molar-refractivity contribution in [3.05, 3.63) is 34.9 Å². The summed E-state index contributed by atoms with van der Waals surface area (Å²) < 4.78 is 40.9. The van der Waals surface area contributed by atoms with Crippen molar-refractivity contribution in [3.8, 4) is 0 Å². The standard InChI is InChI=1S/C20H26F3N5O/c1-29-27-18(26-12-16-3-2-10-28(16)19(24)25)15-9-8-14(7-6-13-4-5-13)17(11-15)20(21,22)23/h8-9,11-13,16H,2-7,10H2,1H3,(H3,24,25)/b26-12+,27-18-/t16-/m0/s1. The highest BCUT2D eigenvalue weighted by atomic mass is 19.4. The van der Waals surface area contributed by atoms with Gasteiger partial charge in [-0.3, -0.25) is 5.41 Å². The number of aliphatic imine (C=N–C) groups is 1. The molecule has 0 unspecified atom stereocenters. The van der Waals surface area contributed by atoms with Crippen molar-refractivity contribution < 1.29 is 18.0 Å². The Morgan fingerprint density at radius 1 is 1.34 bits per heavy atom. The SMILES string of the molecule is CO/N=C(\N=C\[C@@H]1CCCN1C(=N)N)c1ccc(CCC2CC2)c(C(F)(F)F)c1. The van der Waals surface area contributed by atoms with E-state index in [-0.39, 0.29) is 23.4 Å². The molecule has 2 aliphatic rings. The first-order valence-electron chi connectivity index (χ1n) is 9.76. The van der Waals surface area contributed by atoms with Gasteiger partial charge in [0.25, 0.3) is 0 Å². The summed E-state index contributed by atoms with van der Waals surface area (Å²) in [6.45, 7) is 0.649. The molecule has 158 valence electrons. The number of aryl methyl sites for hydroxylation is 1. The minimum absolute atomic E-state index is 0.0523. The Morgan fingerprint density at radius 2 is 2.10 bits per heavy atom. The number of rotatable bonds is 6. The van der Waals surface area contributed by atoms with Crippen LogP contribution in [0.4, 0.5) is 13.2 Å². The zero-order valence-corrected chi connectivity index (χ0v) is 16.4. The van der Waals surface area contributed by atoms with Crippen LogP contribution in [0, 0.1) is 11.3 Å². The lowest BCUT2D eigenvalue weighted by molar-refractivity contribution is -0.138. The van der Waals surface area contributed by atoms with Crippen LogP contribution >= 0.6 is 0 Å². The van der Waals surface area contributed by atoms with Crippen LogP contribution in [0.15, 0.2) is 28.3 Å². The molecule has 0 amide bonds. The topological polar surface area (TPSA) is 87.1 Å². The number of nitrogens with two attached hydrogens (primary N) is 1. The number of likely N-dealkylation sites (tertiary alicyclic amines) is 1. The Morgan fingerprint density at radius 3 is 2.72 bits per heavy atom. The average molecular weight is 409 g/mol. The van der Waals surface area contributed by atoms with Crippen molar-refractivity contribution in [2.24, 2.45) is 21.8 Å². The van der Waals surface area contributed by atoms with E-state index >= 15 is 0 Å². The van der Waals surface area contributed by atoms with Gasteiger partial charge in [0.05, 0.1) is 11.6 Å². The second kappa shape index (κ2) is 8.84. The van der Waals surface area contributed by atoms with Gasteiger partial charge in [-0.15, -0.1) is 0 Å². The summed E-state index contributed by atoms with van der Waals surface area (Å²) in [7, 11) is 1.32. The highest BCUT2D eigenvalue weighted by Crippen LogP contribution is 2.37. The van der Waals surface area contributed by atoms with Crippen molar-refractivity contribution in [2.75, 3.05) is 13.7 Å². The minimum Gasteiger partial charge on any atom is -0.397 e. The normalized spacial score (nSPS) is 20.5. The number of guanidine groups is 1. The second-order valence-electron chi connectivity index (χ2n) is 7.52. The summed E-state index contributed by atoms with van der Waals surface area (Å²) in [6, 6.07) is 4.02. The third kappa shape index (κ3) is 5.48. The van der Waals surface area contributed by atoms with Gasteiger partial charge in [-0.25, -0.2) is 4.99 Å². The number of oxime groups is 1. The first-order valence-corrected chi connectivity index (χ1v) is 9.76. The molecule has 1 saturated heterocycles. The molecule has 6 nitrogen and oxygen atoms in total. The molecule has 0 bridgehead atoms. The van der Waals surface area contributed by atoms with Gasteiger partial charge in [0.2, 0.25) is 0 Å². The van der Waals surface area contributed by atoms with Gasteiger partial charge in [0, 0.05) is 18.3 Å². The van der Waals surface area contributed by atoms with E-state index in [0.29, 0.717) is 24.4 Å². The van der Waals surface area contributed by atoms with Gasteiger partial charge in [0.1, 0.15) is 7.11 Å². The lowest BCUT2D eigenvalue weighted by Crippen LogP contribution is -2.40. The summed E-state index contributed by atoms with van der Waals surface area (Å²) in [6.07, 6.45) is 2.15. The maximum atomic E-state index is 13.6. The van der Waals surface area contributed by atoms with E-state index in [9.17, 15) is 13.2 Å². The second-order valence-corrected chi connectivity index (χ2v) is 7.52. The predicted octanol–water partition coefficient (Wildman–Crippen LogP) is 3.78. The Balaban J connectivity index is 1.85. The Bertz CT molecular complexity index is 802. The Hall–Kier alpha value is -2.58. The lowest BCUT2D eigenvalue weighted by atomic mass is 9.98. The van der Waals surface area contributed by atoms with Crippen molar-refractivity contribution >= 4 is 18.0 Å². The van der Waals surface area contributed by atoms with Gasteiger partial charge in [0.15, 0.2) is 11.8 Å². The monoisotopic (exact) mass is 409 g/mol. The van der Waals surface area contributed by atoms with Crippen LogP contribution in [0.3, 0.4) is 0 Å². The van der Waals surface area contributed by atoms with Crippen LogP contribution in [0.1, 0.15) is 48.8 Å². The van der Waals surface area contributed by atoms with E-state index < -0.39 is 11.7 Å². The van der Waals surface area contributed by atoms with Gasteiger partial charge in [-0.1, -0.05) is 30.1 Å². The smallest absolute Gasteiger partial charge is 0.397 e. The molecule has 29 heavy (non-hydrogen) atoms. The van der Waals surface area contributed by atoms with E-state index in [1.54, 1.807) is 17.2 Å². The number of amidine groups is 1. The summed E-state index contributed by atoms with van der Waals surface area (Å²) in [5, 5.41) is 11.4. The molecule has 1 aromatic rings. The van der Waals surface area contributed by atoms with Crippen LogP contribution in [0.2, 0.25) is 0 Å². The third-order valence-corrected chi connectivity index (χ3v) is 5.35. The number of hydrogen-bond donors (Lipinski definition) is 2. The van der Waals surface area contributed by atoms with E-state index in [0.717, 1.165) is 38.2 Å². The molecule has 1 aliphatic heterocycles. The first kappa shape index (κ1) is 21.1. The highest BCUT2D eigenvalue weighted by Gasteiger charge is 2.34. The van der Waals surface area contributed by atoms with Crippen LogP contribution in [0.5, 0.6) is 0 Å². The molecule has 0 aromatic heterocycles. The number of nitrogens with one attached hydrogen (secondary N) is 1. The molecule has 0 radical (unpaired) electrons. The fraction of sp³-hybridized carbons (Fsp3) is 0.550. The summed E-state index contributed by atoms with van der Waals surface area (Å²) in [5.74, 6) is 0.562. The lowest BCUT2D eigenvalue weighted by Gasteiger charge is -2.21. The number of halogens is 3. The van der Waals surface area contributed by atoms with Crippen LogP contribution in [-0.4, -0.2) is 42.6 Å².